The van der Waals surface area contributed by atoms with Crippen LogP contribution >= 0.6 is 12.4 Å². The lowest BCUT2D eigenvalue weighted by Crippen LogP contribution is -2.48. The Morgan fingerprint density at radius 2 is 2.22 bits per heavy atom. The highest BCUT2D eigenvalue weighted by atomic mass is 35.5. The summed E-state index contributed by atoms with van der Waals surface area (Å²) in [6.45, 7) is 6.37. The fourth-order valence-corrected chi connectivity index (χ4v) is 2.83. The van der Waals surface area contributed by atoms with Crippen molar-refractivity contribution in [2.75, 3.05) is 6.54 Å². The molecule has 0 bridgehead atoms. The molecule has 0 saturated carbocycles. The van der Waals surface area contributed by atoms with Crippen LogP contribution in [0, 0.1) is 6.92 Å². The average molecular weight is 273 g/mol. The number of aromatic nitrogens is 2. The second-order valence-electron chi connectivity index (χ2n) is 5.31. The fourth-order valence-electron chi connectivity index (χ4n) is 2.83. The first-order valence-corrected chi connectivity index (χ1v) is 6.56. The molecule has 1 aliphatic heterocycles. The normalized spacial score (nSPS) is 22.6. The van der Waals surface area contributed by atoms with Gasteiger partial charge in [0.05, 0.1) is 5.69 Å². The topological polar surface area (TPSA) is 47.1 Å². The summed E-state index contributed by atoms with van der Waals surface area (Å²) in [6.07, 6.45) is 5.97. The van der Waals surface area contributed by atoms with E-state index in [2.05, 4.69) is 30.0 Å². The lowest BCUT2D eigenvalue weighted by atomic mass is 9.96. The molecule has 2 N–H and O–H groups in total. The summed E-state index contributed by atoms with van der Waals surface area (Å²) >= 11 is 0. The first-order valence-electron chi connectivity index (χ1n) is 6.56. The van der Waals surface area contributed by atoms with Crippen LogP contribution in [0.3, 0.4) is 0 Å². The molecule has 0 aliphatic carbocycles. The number of nitrogens with two attached hydrogens (primary N) is 1. The summed E-state index contributed by atoms with van der Waals surface area (Å²) < 4.78 is 1.90. The van der Waals surface area contributed by atoms with Gasteiger partial charge in [0.1, 0.15) is 0 Å². The van der Waals surface area contributed by atoms with Gasteiger partial charge in [-0.25, -0.2) is 0 Å². The Labute approximate surface area is 116 Å². The number of rotatable bonds is 3. The van der Waals surface area contributed by atoms with Crippen molar-refractivity contribution in [1.82, 2.24) is 14.7 Å². The molecule has 1 aromatic rings. The van der Waals surface area contributed by atoms with Crippen LogP contribution in [0.1, 0.15) is 37.4 Å². The summed E-state index contributed by atoms with van der Waals surface area (Å²) in [4.78, 5) is 2.53. The van der Waals surface area contributed by atoms with Crippen molar-refractivity contribution in [3.8, 4) is 0 Å². The van der Waals surface area contributed by atoms with Gasteiger partial charge in [-0.2, -0.15) is 5.10 Å². The zero-order valence-corrected chi connectivity index (χ0v) is 12.4. The highest BCUT2D eigenvalue weighted by Crippen LogP contribution is 2.22. The van der Waals surface area contributed by atoms with Crippen molar-refractivity contribution in [2.24, 2.45) is 12.8 Å². The van der Waals surface area contributed by atoms with E-state index in [1.165, 1.54) is 31.4 Å². The van der Waals surface area contributed by atoms with E-state index >= 15 is 0 Å². The number of likely N-dealkylation sites (tertiary alicyclic amines) is 1. The SMILES string of the molecule is Cc1nn(C)cc1CN1CCCCC1C(C)N.Cl. The monoisotopic (exact) mass is 272 g/mol. The Hall–Kier alpha value is -0.580. The minimum absolute atomic E-state index is 0. The maximum absolute atomic E-state index is 6.09. The molecule has 0 aromatic carbocycles. The molecule has 1 fully saturated rings. The molecule has 5 heteroatoms. The van der Waals surface area contributed by atoms with Crippen LogP contribution < -0.4 is 5.73 Å². The van der Waals surface area contributed by atoms with E-state index in [0.29, 0.717) is 6.04 Å². The van der Waals surface area contributed by atoms with E-state index < -0.39 is 0 Å². The highest BCUT2D eigenvalue weighted by Gasteiger charge is 2.25. The molecule has 1 aromatic heterocycles. The summed E-state index contributed by atoms with van der Waals surface area (Å²) in [5.74, 6) is 0. The van der Waals surface area contributed by atoms with Crippen LogP contribution in [0.2, 0.25) is 0 Å². The Balaban J connectivity index is 0.00000162. The van der Waals surface area contributed by atoms with E-state index in [4.69, 9.17) is 5.73 Å². The molecular weight excluding hydrogens is 248 g/mol. The van der Waals surface area contributed by atoms with Crippen molar-refractivity contribution in [1.29, 1.82) is 0 Å². The first kappa shape index (κ1) is 15.5. The number of piperidine rings is 1. The molecule has 1 saturated heterocycles. The van der Waals surface area contributed by atoms with Crippen LogP contribution in [0.5, 0.6) is 0 Å². The van der Waals surface area contributed by atoms with Gasteiger partial charge in [-0.15, -0.1) is 12.4 Å². The number of aryl methyl sites for hydroxylation is 2. The van der Waals surface area contributed by atoms with E-state index in [0.717, 1.165) is 12.2 Å². The summed E-state index contributed by atoms with van der Waals surface area (Å²) in [5, 5.41) is 4.41. The van der Waals surface area contributed by atoms with Gasteiger partial charge in [0.15, 0.2) is 0 Å². The molecule has 1 aliphatic rings. The minimum Gasteiger partial charge on any atom is -0.327 e. The quantitative estimate of drug-likeness (QED) is 0.914. The van der Waals surface area contributed by atoms with Gasteiger partial charge < -0.3 is 5.73 Å². The Morgan fingerprint density at radius 3 is 2.78 bits per heavy atom. The fraction of sp³-hybridized carbons (Fsp3) is 0.769. The van der Waals surface area contributed by atoms with Crippen LogP contribution in [0.25, 0.3) is 0 Å². The summed E-state index contributed by atoms with van der Waals surface area (Å²) in [5.41, 5.74) is 8.57. The van der Waals surface area contributed by atoms with Gasteiger partial charge in [0.25, 0.3) is 0 Å². The molecule has 104 valence electrons. The number of hydrogen-bond acceptors (Lipinski definition) is 3. The molecule has 18 heavy (non-hydrogen) atoms. The largest absolute Gasteiger partial charge is 0.327 e. The zero-order chi connectivity index (χ0) is 12.4. The predicted molar refractivity (Wildman–Crippen MR) is 76.9 cm³/mol. The third-order valence-corrected chi connectivity index (χ3v) is 3.76. The molecule has 0 radical (unpaired) electrons. The third-order valence-electron chi connectivity index (χ3n) is 3.76. The molecule has 2 atom stereocenters. The smallest absolute Gasteiger partial charge is 0.0638 e. The molecule has 4 nitrogen and oxygen atoms in total. The van der Waals surface area contributed by atoms with Gasteiger partial charge >= 0.3 is 0 Å². The van der Waals surface area contributed by atoms with Crippen molar-refractivity contribution < 1.29 is 0 Å². The van der Waals surface area contributed by atoms with Gasteiger partial charge in [0.2, 0.25) is 0 Å². The molecule has 0 spiro atoms. The lowest BCUT2D eigenvalue weighted by Gasteiger charge is -2.37. The van der Waals surface area contributed by atoms with Crippen LogP contribution in [-0.4, -0.2) is 33.3 Å². The zero-order valence-electron chi connectivity index (χ0n) is 11.6. The highest BCUT2D eigenvalue weighted by molar-refractivity contribution is 5.85. The van der Waals surface area contributed by atoms with Gasteiger partial charge in [-0.1, -0.05) is 6.42 Å². The minimum atomic E-state index is 0. The first-order chi connectivity index (χ1) is 8.08. The van der Waals surface area contributed by atoms with Crippen molar-refractivity contribution in [3.05, 3.63) is 17.5 Å². The van der Waals surface area contributed by atoms with Gasteiger partial charge in [-0.3, -0.25) is 9.58 Å². The Bertz CT molecular complexity index is 375. The molecule has 2 heterocycles. The average Bonchev–Trinajstić information content (AvgIpc) is 2.58. The lowest BCUT2D eigenvalue weighted by molar-refractivity contribution is 0.123. The molecule has 0 amide bonds. The van der Waals surface area contributed by atoms with Crippen LogP contribution in [0.4, 0.5) is 0 Å². The molecule has 2 rings (SSSR count). The number of hydrogen-bond donors (Lipinski definition) is 1. The molecule has 2 unspecified atom stereocenters. The van der Waals surface area contributed by atoms with Crippen LogP contribution in [0.15, 0.2) is 6.20 Å². The number of nitrogens with zero attached hydrogens (tertiary/aromatic N) is 3. The van der Waals surface area contributed by atoms with Gasteiger partial charge in [0, 0.05) is 37.4 Å². The second kappa shape index (κ2) is 6.55. The van der Waals surface area contributed by atoms with E-state index in [1.807, 2.05) is 11.7 Å². The standard InChI is InChI=1S/C13H24N4.ClH/c1-10(14)13-6-4-5-7-17(13)9-12-8-16(3)15-11(12)2;/h8,10,13H,4-7,9,14H2,1-3H3;1H. The van der Waals surface area contributed by atoms with E-state index in [1.54, 1.807) is 0 Å². The maximum atomic E-state index is 6.09. The van der Waals surface area contributed by atoms with Crippen molar-refractivity contribution in [2.45, 2.75) is 51.7 Å². The van der Waals surface area contributed by atoms with Crippen LogP contribution in [-0.2, 0) is 13.6 Å². The van der Waals surface area contributed by atoms with Crippen molar-refractivity contribution in [3.63, 3.8) is 0 Å². The molecular formula is C13H25ClN4. The third kappa shape index (κ3) is 3.46. The van der Waals surface area contributed by atoms with Crippen molar-refractivity contribution >= 4 is 12.4 Å². The van der Waals surface area contributed by atoms with E-state index in [-0.39, 0.29) is 18.4 Å². The predicted octanol–water partition coefficient (Wildman–Crippen LogP) is 1.85. The second-order valence-corrected chi connectivity index (χ2v) is 5.31. The van der Waals surface area contributed by atoms with Gasteiger partial charge in [-0.05, 0) is 33.2 Å². The Morgan fingerprint density at radius 1 is 1.50 bits per heavy atom. The number of halogens is 1. The van der Waals surface area contributed by atoms with E-state index in [9.17, 15) is 0 Å². The maximum Gasteiger partial charge on any atom is 0.0638 e. The Kier molecular flexibility index (Phi) is 5.63. The summed E-state index contributed by atoms with van der Waals surface area (Å²) in [6, 6.07) is 0.788. The summed E-state index contributed by atoms with van der Waals surface area (Å²) in [7, 11) is 1.98.